The highest BCUT2D eigenvalue weighted by Crippen LogP contribution is 2.31. The van der Waals surface area contributed by atoms with Crippen LogP contribution in [0.2, 0.25) is 0 Å². The van der Waals surface area contributed by atoms with Gasteiger partial charge < -0.3 is 9.64 Å². The van der Waals surface area contributed by atoms with E-state index in [-0.39, 0.29) is 5.92 Å². The summed E-state index contributed by atoms with van der Waals surface area (Å²) in [5, 5.41) is 8.89. The molecule has 3 nitrogen and oxygen atoms in total. The summed E-state index contributed by atoms with van der Waals surface area (Å²) in [5.41, 5.74) is 1.16. The molecule has 1 aromatic rings. The Morgan fingerprint density at radius 2 is 2.06 bits per heavy atom. The van der Waals surface area contributed by atoms with Crippen LogP contribution < -0.4 is 9.64 Å². The van der Waals surface area contributed by atoms with Gasteiger partial charge in [0.1, 0.15) is 5.75 Å². The number of nitrogens with zero attached hydrogens (tertiary/aromatic N) is 2. The molecule has 0 unspecified atom stereocenters. The van der Waals surface area contributed by atoms with E-state index in [0.717, 1.165) is 37.4 Å². The SMILES string of the molecule is CCOc1ccccc1N1CCC(C#N)CC1. The zero-order valence-electron chi connectivity index (χ0n) is 10.2. The molecule has 0 aromatic heterocycles. The Morgan fingerprint density at radius 3 is 2.71 bits per heavy atom. The van der Waals surface area contributed by atoms with Crippen molar-refractivity contribution in [2.24, 2.45) is 5.92 Å². The van der Waals surface area contributed by atoms with Crippen LogP contribution in [0, 0.1) is 17.2 Å². The molecule has 2 rings (SSSR count). The molecule has 0 amide bonds. The molecule has 3 heteroatoms. The highest BCUT2D eigenvalue weighted by molar-refractivity contribution is 5.58. The zero-order valence-corrected chi connectivity index (χ0v) is 10.2. The molecule has 0 spiro atoms. The number of nitriles is 1. The Morgan fingerprint density at radius 1 is 1.35 bits per heavy atom. The molecular formula is C14H18N2O. The van der Waals surface area contributed by atoms with Gasteiger partial charge in [-0.05, 0) is 31.9 Å². The summed E-state index contributed by atoms with van der Waals surface area (Å²) < 4.78 is 5.64. The summed E-state index contributed by atoms with van der Waals surface area (Å²) in [5.74, 6) is 1.18. The fourth-order valence-corrected chi connectivity index (χ4v) is 2.25. The van der Waals surface area contributed by atoms with E-state index in [1.54, 1.807) is 0 Å². The van der Waals surface area contributed by atoms with Crippen molar-refractivity contribution >= 4 is 5.69 Å². The number of para-hydroxylation sites is 2. The molecule has 1 aliphatic heterocycles. The predicted molar refractivity (Wildman–Crippen MR) is 68.2 cm³/mol. The second-order valence-corrected chi connectivity index (χ2v) is 4.29. The van der Waals surface area contributed by atoms with Gasteiger partial charge in [0.05, 0.1) is 18.4 Å². The average Bonchev–Trinajstić information content (AvgIpc) is 2.40. The molecule has 90 valence electrons. The summed E-state index contributed by atoms with van der Waals surface area (Å²) in [6.45, 7) is 4.58. The lowest BCUT2D eigenvalue weighted by Gasteiger charge is -2.32. The van der Waals surface area contributed by atoms with Gasteiger partial charge in [-0.2, -0.15) is 5.26 Å². The monoisotopic (exact) mass is 230 g/mol. The summed E-state index contributed by atoms with van der Waals surface area (Å²) in [7, 11) is 0. The van der Waals surface area contributed by atoms with Crippen LogP contribution in [-0.2, 0) is 0 Å². The molecule has 1 fully saturated rings. The smallest absolute Gasteiger partial charge is 0.142 e. The van der Waals surface area contributed by atoms with E-state index in [1.807, 2.05) is 25.1 Å². The second-order valence-electron chi connectivity index (χ2n) is 4.29. The Bertz CT molecular complexity index is 403. The molecule has 0 saturated carbocycles. The molecule has 1 heterocycles. The van der Waals surface area contributed by atoms with Crippen molar-refractivity contribution in [3.8, 4) is 11.8 Å². The summed E-state index contributed by atoms with van der Waals surface area (Å²) in [6.07, 6.45) is 1.91. The third-order valence-electron chi connectivity index (χ3n) is 3.18. The van der Waals surface area contributed by atoms with Crippen molar-refractivity contribution in [2.75, 3.05) is 24.6 Å². The molecule has 0 N–H and O–H groups in total. The van der Waals surface area contributed by atoms with Crippen molar-refractivity contribution in [1.29, 1.82) is 5.26 Å². The first-order valence-corrected chi connectivity index (χ1v) is 6.21. The quantitative estimate of drug-likeness (QED) is 0.801. The van der Waals surface area contributed by atoms with Crippen LogP contribution in [0.4, 0.5) is 5.69 Å². The molecule has 1 saturated heterocycles. The van der Waals surface area contributed by atoms with Crippen LogP contribution >= 0.6 is 0 Å². The second kappa shape index (κ2) is 5.58. The normalized spacial score (nSPS) is 16.6. The Labute approximate surface area is 103 Å². The van der Waals surface area contributed by atoms with Gasteiger partial charge in [-0.3, -0.25) is 0 Å². The van der Waals surface area contributed by atoms with Crippen LogP contribution in [-0.4, -0.2) is 19.7 Å². The summed E-state index contributed by atoms with van der Waals surface area (Å²) in [4.78, 5) is 2.32. The number of rotatable bonds is 3. The minimum atomic E-state index is 0.227. The summed E-state index contributed by atoms with van der Waals surface area (Å²) >= 11 is 0. The zero-order chi connectivity index (χ0) is 12.1. The molecular weight excluding hydrogens is 212 g/mol. The van der Waals surface area contributed by atoms with E-state index in [2.05, 4.69) is 17.0 Å². The maximum atomic E-state index is 8.89. The van der Waals surface area contributed by atoms with Crippen LogP contribution in [0.15, 0.2) is 24.3 Å². The van der Waals surface area contributed by atoms with Gasteiger partial charge in [-0.25, -0.2) is 0 Å². The van der Waals surface area contributed by atoms with E-state index in [9.17, 15) is 0 Å². The highest BCUT2D eigenvalue weighted by Gasteiger charge is 2.20. The number of ether oxygens (including phenoxy) is 1. The maximum absolute atomic E-state index is 8.89. The molecule has 0 radical (unpaired) electrons. The van der Waals surface area contributed by atoms with Gasteiger partial charge in [0.25, 0.3) is 0 Å². The van der Waals surface area contributed by atoms with Gasteiger partial charge in [-0.1, -0.05) is 12.1 Å². The third-order valence-corrected chi connectivity index (χ3v) is 3.18. The number of benzene rings is 1. The molecule has 0 bridgehead atoms. The van der Waals surface area contributed by atoms with Gasteiger partial charge in [0.2, 0.25) is 0 Å². The number of hydrogen-bond donors (Lipinski definition) is 0. The van der Waals surface area contributed by atoms with Crippen molar-refractivity contribution < 1.29 is 4.74 Å². The lowest BCUT2D eigenvalue weighted by atomic mass is 9.98. The minimum Gasteiger partial charge on any atom is -0.492 e. The Hall–Kier alpha value is -1.69. The minimum absolute atomic E-state index is 0.227. The van der Waals surface area contributed by atoms with Crippen molar-refractivity contribution in [2.45, 2.75) is 19.8 Å². The standard InChI is InChI=1S/C14H18N2O/c1-2-17-14-6-4-3-5-13(14)16-9-7-12(11-15)8-10-16/h3-6,12H,2,7-10H2,1H3. The van der Waals surface area contributed by atoms with Gasteiger partial charge in [0, 0.05) is 19.0 Å². The van der Waals surface area contributed by atoms with Crippen molar-refractivity contribution in [3.05, 3.63) is 24.3 Å². The largest absolute Gasteiger partial charge is 0.492 e. The third kappa shape index (κ3) is 2.71. The van der Waals surface area contributed by atoms with Crippen LogP contribution in [0.3, 0.4) is 0 Å². The fraction of sp³-hybridized carbons (Fsp3) is 0.500. The Balaban J connectivity index is 2.10. The topological polar surface area (TPSA) is 36.3 Å². The van der Waals surface area contributed by atoms with E-state index < -0.39 is 0 Å². The first-order valence-electron chi connectivity index (χ1n) is 6.21. The average molecular weight is 230 g/mol. The van der Waals surface area contributed by atoms with E-state index in [4.69, 9.17) is 10.00 Å². The molecule has 1 aromatic carbocycles. The van der Waals surface area contributed by atoms with E-state index in [1.165, 1.54) is 0 Å². The molecule has 17 heavy (non-hydrogen) atoms. The van der Waals surface area contributed by atoms with Gasteiger partial charge in [-0.15, -0.1) is 0 Å². The molecule has 0 aliphatic carbocycles. The lowest BCUT2D eigenvalue weighted by molar-refractivity contribution is 0.339. The van der Waals surface area contributed by atoms with Crippen LogP contribution in [0.1, 0.15) is 19.8 Å². The number of anilines is 1. The maximum Gasteiger partial charge on any atom is 0.142 e. The van der Waals surface area contributed by atoms with Gasteiger partial charge in [0.15, 0.2) is 0 Å². The van der Waals surface area contributed by atoms with Crippen LogP contribution in [0.25, 0.3) is 0 Å². The number of hydrogen-bond acceptors (Lipinski definition) is 3. The van der Waals surface area contributed by atoms with E-state index >= 15 is 0 Å². The predicted octanol–water partition coefficient (Wildman–Crippen LogP) is 2.83. The fourth-order valence-electron chi connectivity index (χ4n) is 2.25. The highest BCUT2D eigenvalue weighted by atomic mass is 16.5. The van der Waals surface area contributed by atoms with Crippen LogP contribution in [0.5, 0.6) is 5.75 Å². The summed E-state index contributed by atoms with van der Waals surface area (Å²) in [6, 6.07) is 10.5. The first kappa shape index (κ1) is 11.8. The van der Waals surface area contributed by atoms with E-state index in [0.29, 0.717) is 6.61 Å². The lowest BCUT2D eigenvalue weighted by Crippen LogP contribution is -2.33. The number of piperidine rings is 1. The Kier molecular flexibility index (Phi) is 3.87. The van der Waals surface area contributed by atoms with Crippen molar-refractivity contribution in [1.82, 2.24) is 0 Å². The first-order chi connectivity index (χ1) is 8.35. The molecule has 1 aliphatic rings. The van der Waals surface area contributed by atoms with Gasteiger partial charge >= 0.3 is 0 Å². The van der Waals surface area contributed by atoms with Crippen molar-refractivity contribution in [3.63, 3.8) is 0 Å². The molecule has 0 atom stereocenters.